The lowest BCUT2D eigenvalue weighted by atomic mass is 9.83. The number of carbonyl (C=O) groups excluding carboxylic acids is 1. The Bertz CT molecular complexity index is 683. The number of carbonyl (C=O) groups is 1. The van der Waals surface area contributed by atoms with Crippen molar-refractivity contribution >= 4 is 21.6 Å². The molecule has 0 bridgehead atoms. The molecular weight excluding hydrogens is 338 g/mol. The van der Waals surface area contributed by atoms with Crippen molar-refractivity contribution in [2.24, 2.45) is 5.92 Å². The third-order valence-corrected chi connectivity index (χ3v) is 5.96. The van der Waals surface area contributed by atoms with Crippen LogP contribution in [0.15, 0.2) is 29.2 Å². The van der Waals surface area contributed by atoms with Crippen LogP contribution in [0, 0.1) is 5.92 Å². The molecule has 140 valence electrons. The van der Waals surface area contributed by atoms with Gasteiger partial charge in [0.05, 0.1) is 4.90 Å². The molecule has 0 unspecified atom stereocenters. The summed E-state index contributed by atoms with van der Waals surface area (Å²) in [6.45, 7) is 0.579. The maximum absolute atomic E-state index is 12.2. The molecule has 6 nitrogen and oxygen atoms in total. The molecule has 0 radical (unpaired) electrons. The molecular formula is C18H29N3O3S. The van der Waals surface area contributed by atoms with Crippen LogP contribution < -0.4 is 10.6 Å². The van der Waals surface area contributed by atoms with Crippen LogP contribution in [0.25, 0.3) is 0 Å². The van der Waals surface area contributed by atoms with Crippen molar-refractivity contribution < 1.29 is 13.2 Å². The van der Waals surface area contributed by atoms with E-state index in [1.807, 2.05) is 0 Å². The Labute approximate surface area is 150 Å². The second kappa shape index (κ2) is 8.67. The highest BCUT2D eigenvalue weighted by Crippen LogP contribution is 2.28. The highest BCUT2D eigenvalue weighted by atomic mass is 32.2. The number of sulfone groups is 1. The van der Waals surface area contributed by atoms with Crippen molar-refractivity contribution in [1.82, 2.24) is 10.2 Å². The molecule has 1 aliphatic rings. The first-order valence-electron chi connectivity index (χ1n) is 8.79. The van der Waals surface area contributed by atoms with Crippen LogP contribution >= 0.6 is 0 Å². The molecule has 0 saturated heterocycles. The monoisotopic (exact) mass is 367 g/mol. The summed E-state index contributed by atoms with van der Waals surface area (Å²) in [7, 11) is 0.809. The summed E-state index contributed by atoms with van der Waals surface area (Å²) < 4.78 is 23.2. The van der Waals surface area contributed by atoms with E-state index in [9.17, 15) is 13.2 Å². The Kier molecular flexibility index (Phi) is 6.84. The van der Waals surface area contributed by atoms with Gasteiger partial charge in [0, 0.05) is 24.5 Å². The van der Waals surface area contributed by atoms with Crippen molar-refractivity contribution in [3.05, 3.63) is 24.3 Å². The average Bonchev–Trinajstić information content (AvgIpc) is 2.55. The molecule has 1 aromatic rings. The van der Waals surface area contributed by atoms with Gasteiger partial charge in [0.2, 0.25) is 0 Å². The van der Waals surface area contributed by atoms with Crippen LogP contribution in [-0.2, 0) is 9.84 Å². The van der Waals surface area contributed by atoms with E-state index < -0.39 is 9.84 Å². The van der Waals surface area contributed by atoms with E-state index >= 15 is 0 Å². The van der Waals surface area contributed by atoms with E-state index in [2.05, 4.69) is 29.6 Å². The van der Waals surface area contributed by atoms with Gasteiger partial charge in [-0.05, 0) is 51.1 Å². The minimum atomic E-state index is -3.29. The maximum Gasteiger partial charge on any atom is 0.319 e. The first-order valence-corrected chi connectivity index (χ1v) is 10.7. The fourth-order valence-corrected chi connectivity index (χ4v) is 4.13. The first kappa shape index (κ1) is 19.7. The Hall–Kier alpha value is -1.60. The molecule has 1 fully saturated rings. The largest absolute Gasteiger partial charge is 0.336 e. The van der Waals surface area contributed by atoms with Gasteiger partial charge in [-0.15, -0.1) is 0 Å². The van der Waals surface area contributed by atoms with E-state index in [0.29, 0.717) is 24.2 Å². The van der Waals surface area contributed by atoms with Gasteiger partial charge in [0.25, 0.3) is 0 Å². The zero-order valence-corrected chi connectivity index (χ0v) is 16.1. The van der Waals surface area contributed by atoms with Crippen LogP contribution in [0.3, 0.4) is 0 Å². The van der Waals surface area contributed by atoms with Crippen molar-refractivity contribution in [3.63, 3.8) is 0 Å². The zero-order chi connectivity index (χ0) is 18.4. The molecule has 1 saturated carbocycles. The molecule has 0 aliphatic heterocycles. The number of nitrogens with one attached hydrogen (secondary N) is 2. The molecule has 0 aromatic heterocycles. The normalized spacial score (nSPS) is 17.3. The van der Waals surface area contributed by atoms with Gasteiger partial charge in [-0.3, -0.25) is 0 Å². The molecule has 2 rings (SSSR count). The number of benzene rings is 1. The van der Waals surface area contributed by atoms with Gasteiger partial charge in [0.1, 0.15) is 0 Å². The van der Waals surface area contributed by atoms with Crippen molar-refractivity contribution in [2.75, 3.05) is 32.2 Å². The quantitative estimate of drug-likeness (QED) is 0.810. The van der Waals surface area contributed by atoms with Crippen molar-refractivity contribution in [1.29, 1.82) is 0 Å². The number of rotatable bonds is 6. The summed E-state index contributed by atoms with van der Waals surface area (Å²) in [4.78, 5) is 14.6. The summed E-state index contributed by atoms with van der Waals surface area (Å²) in [6, 6.07) is 6.29. The molecule has 2 amide bonds. The molecule has 1 aliphatic carbocycles. The molecule has 0 spiro atoms. The van der Waals surface area contributed by atoms with Crippen LogP contribution in [0.5, 0.6) is 0 Å². The Morgan fingerprint density at radius 2 is 1.92 bits per heavy atom. The number of urea groups is 1. The maximum atomic E-state index is 12.2. The second-order valence-corrected chi connectivity index (χ2v) is 9.08. The number of likely N-dealkylation sites (N-methyl/N-ethyl adjacent to an activating group) is 1. The molecule has 2 N–H and O–H groups in total. The smallest absolute Gasteiger partial charge is 0.319 e. The van der Waals surface area contributed by atoms with Gasteiger partial charge in [-0.25, -0.2) is 13.2 Å². The van der Waals surface area contributed by atoms with Gasteiger partial charge in [0.15, 0.2) is 9.84 Å². The van der Waals surface area contributed by atoms with E-state index in [4.69, 9.17) is 0 Å². The molecule has 25 heavy (non-hydrogen) atoms. The number of anilines is 1. The Morgan fingerprint density at radius 3 is 2.52 bits per heavy atom. The predicted octanol–water partition coefficient (Wildman–Crippen LogP) is 2.72. The third-order valence-electron chi connectivity index (χ3n) is 4.85. The molecule has 0 heterocycles. The third kappa shape index (κ3) is 6.01. The van der Waals surface area contributed by atoms with Crippen LogP contribution in [0.1, 0.15) is 32.1 Å². The Balaban J connectivity index is 1.93. The molecule has 7 heteroatoms. The van der Waals surface area contributed by atoms with Crippen molar-refractivity contribution in [3.8, 4) is 0 Å². The summed E-state index contributed by atoms with van der Waals surface area (Å²) >= 11 is 0. The first-order chi connectivity index (χ1) is 11.8. The second-order valence-electron chi connectivity index (χ2n) is 7.06. The standard InChI is InChI=1S/C18H29N3O3S/c1-21(2)17(14-8-5-4-6-9-14)13-19-18(22)20-15-10-7-11-16(12-15)25(3,23)24/h7,10-12,14,17H,4-6,8-9,13H2,1-3H3,(H2,19,20,22)/t17-/m1/s1. The summed E-state index contributed by atoms with van der Waals surface area (Å²) in [6.07, 6.45) is 7.41. The van der Waals surface area contributed by atoms with Crippen LogP contribution in [0.4, 0.5) is 10.5 Å². The zero-order valence-electron chi connectivity index (χ0n) is 15.3. The number of hydrogen-bond donors (Lipinski definition) is 2. The number of hydrogen-bond acceptors (Lipinski definition) is 4. The summed E-state index contributed by atoms with van der Waals surface area (Å²) in [5, 5.41) is 5.65. The van der Waals surface area contributed by atoms with Crippen molar-refractivity contribution in [2.45, 2.75) is 43.0 Å². The van der Waals surface area contributed by atoms with E-state index in [0.717, 1.165) is 6.26 Å². The minimum Gasteiger partial charge on any atom is -0.336 e. The number of amides is 2. The van der Waals surface area contributed by atoms with E-state index in [1.165, 1.54) is 44.2 Å². The SMILES string of the molecule is CN(C)[C@H](CNC(=O)Nc1cccc(S(C)(=O)=O)c1)C1CCCCC1. The predicted molar refractivity (Wildman–Crippen MR) is 101 cm³/mol. The fourth-order valence-electron chi connectivity index (χ4n) is 3.47. The summed E-state index contributed by atoms with van der Waals surface area (Å²) in [5.41, 5.74) is 0.472. The molecule has 1 aromatic carbocycles. The lowest BCUT2D eigenvalue weighted by Crippen LogP contribution is -2.46. The summed E-state index contributed by atoms with van der Waals surface area (Å²) in [5.74, 6) is 0.609. The highest BCUT2D eigenvalue weighted by molar-refractivity contribution is 7.90. The van der Waals surface area contributed by atoms with E-state index in [-0.39, 0.29) is 10.9 Å². The Morgan fingerprint density at radius 1 is 1.24 bits per heavy atom. The lowest BCUT2D eigenvalue weighted by molar-refractivity contribution is 0.167. The van der Waals surface area contributed by atoms with Crippen LogP contribution in [0.2, 0.25) is 0 Å². The van der Waals surface area contributed by atoms with Crippen LogP contribution in [-0.4, -0.2) is 52.3 Å². The number of nitrogens with zero attached hydrogens (tertiary/aromatic N) is 1. The van der Waals surface area contributed by atoms with Gasteiger partial charge in [-0.1, -0.05) is 25.3 Å². The highest BCUT2D eigenvalue weighted by Gasteiger charge is 2.25. The average molecular weight is 368 g/mol. The minimum absolute atomic E-state index is 0.193. The van der Waals surface area contributed by atoms with Gasteiger partial charge < -0.3 is 15.5 Å². The topological polar surface area (TPSA) is 78.5 Å². The molecule has 1 atom stereocenters. The lowest BCUT2D eigenvalue weighted by Gasteiger charge is -2.34. The van der Waals surface area contributed by atoms with Gasteiger partial charge >= 0.3 is 6.03 Å². The fraction of sp³-hybridized carbons (Fsp3) is 0.611. The van der Waals surface area contributed by atoms with Gasteiger partial charge in [-0.2, -0.15) is 0 Å². The van der Waals surface area contributed by atoms with E-state index in [1.54, 1.807) is 12.1 Å².